The maximum atomic E-state index is 13.5. The van der Waals surface area contributed by atoms with Gasteiger partial charge in [0.25, 0.3) is 5.91 Å². The van der Waals surface area contributed by atoms with Crippen LogP contribution in [0.25, 0.3) is 0 Å². The van der Waals surface area contributed by atoms with E-state index < -0.39 is 27.9 Å². The molecule has 0 aliphatic rings. The summed E-state index contributed by atoms with van der Waals surface area (Å²) >= 11 is 0. The van der Waals surface area contributed by atoms with Gasteiger partial charge in [-0.05, 0) is 37.8 Å². The monoisotopic (exact) mass is 296 g/mol. The molecule has 1 aromatic carbocycles. The van der Waals surface area contributed by atoms with E-state index in [1.54, 1.807) is 0 Å². The van der Waals surface area contributed by atoms with Gasteiger partial charge in [-0.15, -0.1) is 0 Å². The van der Waals surface area contributed by atoms with E-state index in [4.69, 9.17) is 0 Å². The molecule has 0 atom stereocenters. The second kappa shape index (κ2) is 5.79. The molecule has 0 spiro atoms. The fourth-order valence-corrected chi connectivity index (χ4v) is 2.55. The van der Waals surface area contributed by atoms with Gasteiger partial charge in [0, 0.05) is 17.2 Å². The summed E-state index contributed by atoms with van der Waals surface area (Å²) in [5.74, 6) is -1.46. The third kappa shape index (κ3) is 5.13. The van der Waals surface area contributed by atoms with E-state index in [1.165, 1.54) is 6.07 Å². The van der Waals surface area contributed by atoms with Crippen molar-refractivity contribution in [1.82, 2.24) is 5.32 Å². The Kier molecular flexibility index (Phi) is 4.71. The van der Waals surface area contributed by atoms with E-state index in [-0.39, 0.29) is 11.0 Å². The van der Waals surface area contributed by atoms with Gasteiger partial charge in [-0.25, -0.2) is 0 Å². The molecule has 6 heteroatoms. The first-order valence-electron chi connectivity index (χ1n) is 6.68. The topological polar surface area (TPSA) is 72.2 Å². The molecule has 0 bridgehead atoms. The van der Waals surface area contributed by atoms with E-state index in [1.807, 2.05) is 13.8 Å². The zero-order chi connectivity index (χ0) is 16.4. The number of nitrogens with one attached hydrogen (secondary N) is 1. The highest BCUT2D eigenvalue weighted by Gasteiger charge is 2.28. The van der Waals surface area contributed by atoms with Gasteiger partial charge < -0.3 is 5.32 Å². The molecule has 1 amide bonds. The summed E-state index contributed by atoms with van der Waals surface area (Å²) in [6.45, 7) is 9.96. The predicted octanol–water partition coefficient (Wildman–Crippen LogP) is 3.68. The van der Waals surface area contributed by atoms with Crippen LogP contribution in [0.3, 0.4) is 0 Å². The second-order valence-corrected chi connectivity index (χ2v) is 7.00. The highest BCUT2D eigenvalue weighted by Crippen LogP contribution is 2.27. The predicted molar refractivity (Wildman–Crippen MR) is 78.7 cm³/mol. The van der Waals surface area contributed by atoms with E-state index in [9.17, 15) is 19.3 Å². The van der Waals surface area contributed by atoms with Gasteiger partial charge >= 0.3 is 5.69 Å². The Bertz CT molecular complexity index is 563. The number of carbonyl (C=O) groups is 1. The van der Waals surface area contributed by atoms with Crippen LogP contribution in [0.5, 0.6) is 0 Å². The number of benzene rings is 1. The van der Waals surface area contributed by atoms with Crippen molar-refractivity contribution in [2.45, 2.75) is 46.6 Å². The smallest absolute Gasteiger partial charge is 0.304 e. The van der Waals surface area contributed by atoms with Crippen LogP contribution >= 0.6 is 0 Å². The number of amides is 1. The first-order valence-corrected chi connectivity index (χ1v) is 6.68. The molecule has 0 saturated carbocycles. The molecule has 0 aromatic heterocycles. The number of nitro benzene ring substituents is 1. The Morgan fingerprint density at radius 2 is 1.86 bits per heavy atom. The Balaban J connectivity index is 2.90. The van der Waals surface area contributed by atoms with Crippen molar-refractivity contribution in [3.8, 4) is 0 Å². The van der Waals surface area contributed by atoms with E-state index in [2.05, 4.69) is 26.1 Å². The van der Waals surface area contributed by atoms with E-state index in [0.29, 0.717) is 0 Å². The summed E-state index contributed by atoms with van der Waals surface area (Å²) in [4.78, 5) is 21.9. The Hall–Kier alpha value is -1.98. The Morgan fingerprint density at radius 3 is 2.29 bits per heavy atom. The molecule has 0 heterocycles. The number of carbonyl (C=O) groups excluding carboxylic acids is 1. The largest absolute Gasteiger partial charge is 0.347 e. The number of nitrogens with zero attached hydrogens (tertiary/aromatic N) is 1. The second-order valence-electron chi connectivity index (χ2n) is 7.00. The normalized spacial score (nSPS) is 12.1. The van der Waals surface area contributed by atoms with Crippen molar-refractivity contribution >= 4 is 11.6 Å². The molecule has 0 aliphatic carbocycles. The minimum Gasteiger partial charge on any atom is -0.347 e. The fourth-order valence-electron chi connectivity index (χ4n) is 2.55. The molecule has 1 aromatic rings. The highest BCUT2D eigenvalue weighted by atomic mass is 19.1. The van der Waals surface area contributed by atoms with E-state index in [0.717, 1.165) is 18.6 Å². The van der Waals surface area contributed by atoms with Crippen LogP contribution in [0.1, 0.15) is 51.4 Å². The molecule has 116 valence electrons. The summed E-state index contributed by atoms with van der Waals surface area (Å²) in [6, 6.07) is 3.14. The molecule has 1 N–H and O–H groups in total. The highest BCUT2D eigenvalue weighted by molar-refractivity contribution is 5.94. The lowest BCUT2D eigenvalue weighted by atomic mass is 9.81. The molecule has 21 heavy (non-hydrogen) atoms. The molecule has 1 rings (SSSR count). The van der Waals surface area contributed by atoms with Gasteiger partial charge in [0.2, 0.25) is 5.82 Å². The average molecular weight is 296 g/mol. The summed E-state index contributed by atoms with van der Waals surface area (Å²) < 4.78 is 13.5. The minimum absolute atomic E-state index is 0.0253. The molecule has 0 fully saturated rings. The molecular formula is C15H21FN2O3. The van der Waals surface area contributed by atoms with Crippen LogP contribution < -0.4 is 5.32 Å². The SMILES string of the molecule is CC(C)(C)CC(C)(C)NC(=O)c1ccc([N+](=O)[O-])c(F)c1. The lowest BCUT2D eigenvalue weighted by Crippen LogP contribution is -2.45. The molecule has 0 unspecified atom stereocenters. The van der Waals surface area contributed by atoms with E-state index >= 15 is 0 Å². The molecule has 5 nitrogen and oxygen atoms in total. The van der Waals surface area contributed by atoms with Gasteiger partial charge in [0.05, 0.1) is 4.92 Å². The Morgan fingerprint density at radius 1 is 1.29 bits per heavy atom. The first kappa shape index (κ1) is 17.1. The minimum atomic E-state index is -1.01. The maximum Gasteiger partial charge on any atom is 0.304 e. The first-order chi connectivity index (χ1) is 9.41. The fraction of sp³-hybridized carbons (Fsp3) is 0.533. The zero-order valence-electron chi connectivity index (χ0n) is 13.0. The summed E-state index contributed by atoms with van der Waals surface area (Å²) in [7, 11) is 0. The molecular weight excluding hydrogens is 275 g/mol. The van der Waals surface area contributed by atoms with Crippen molar-refractivity contribution < 1.29 is 14.1 Å². The van der Waals surface area contributed by atoms with Crippen molar-refractivity contribution in [1.29, 1.82) is 0 Å². The molecule has 0 radical (unpaired) electrons. The summed E-state index contributed by atoms with van der Waals surface area (Å²) in [5, 5.41) is 13.4. The lowest BCUT2D eigenvalue weighted by Gasteiger charge is -2.33. The average Bonchev–Trinajstić information content (AvgIpc) is 2.23. The van der Waals surface area contributed by atoms with Crippen molar-refractivity contribution in [2.75, 3.05) is 0 Å². The summed E-state index contributed by atoms with van der Waals surface area (Å²) in [6.07, 6.45) is 0.737. The summed E-state index contributed by atoms with van der Waals surface area (Å²) in [5.41, 5.74) is -1.01. The maximum absolute atomic E-state index is 13.5. The van der Waals surface area contributed by atoms with Crippen molar-refractivity contribution in [3.05, 3.63) is 39.7 Å². The van der Waals surface area contributed by atoms with Crippen LogP contribution in [0.4, 0.5) is 10.1 Å². The number of hydrogen-bond acceptors (Lipinski definition) is 3. The third-order valence-electron chi connectivity index (χ3n) is 2.83. The number of halogens is 1. The quantitative estimate of drug-likeness (QED) is 0.680. The standard InChI is InChI=1S/C15H21FN2O3/c1-14(2,3)9-15(4,5)17-13(19)10-6-7-12(18(20)21)11(16)8-10/h6-8H,9H2,1-5H3,(H,17,19). The van der Waals surface area contributed by atoms with Crippen LogP contribution in [0.15, 0.2) is 18.2 Å². The van der Waals surface area contributed by atoms with Crippen LogP contribution in [0.2, 0.25) is 0 Å². The van der Waals surface area contributed by atoms with Crippen molar-refractivity contribution in [2.24, 2.45) is 5.41 Å². The van der Waals surface area contributed by atoms with Crippen LogP contribution in [-0.2, 0) is 0 Å². The molecule has 0 saturated heterocycles. The van der Waals surface area contributed by atoms with Crippen molar-refractivity contribution in [3.63, 3.8) is 0 Å². The molecule has 0 aliphatic heterocycles. The zero-order valence-corrected chi connectivity index (χ0v) is 13.0. The van der Waals surface area contributed by atoms with Crippen LogP contribution in [0, 0.1) is 21.3 Å². The van der Waals surface area contributed by atoms with Gasteiger partial charge in [-0.1, -0.05) is 20.8 Å². The van der Waals surface area contributed by atoms with Gasteiger partial charge in [0.15, 0.2) is 0 Å². The number of hydrogen-bond donors (Lipinski definition) is 1. The number of nitro groups is 1. The number of rotatable bonds is 4. The van der Waals surface area contributed by atoms with Gasteiger partial charge in [-0.3, -0.25) is 14.9 Å². The Labute approximate surface area is 123 Å². The van der Waals surface area contributed by atoms with Crippen LogP contribution in [-0.4, -0.2) is 16.4 Å². The third-order valence-corrected chi connectivity index (χ3v) is 2.83. The van der Waals surface area contributed by atoms with Gasteiger partial charge in [-0.2, -0.15) is 4.39 Å². The van der Waals surface area contributed by atoms with Gasteiger partial charge in [0.1, 0.15) is 0 Å². The lowest BCUT2D eigenvalue weighted by molar-refractivity contribution is -0.387.